The molecule has 1 unspecified atom stereocenters. The van der Waals surface area contributed by atoms with Crippen molar-refractivity contribution in [1.82, 2.24) is 29.5 Å². The zero-order valence-electron chi connectivity index (χ0n) is 18.2. The van der Waals surface area contributed by atoms with Gasteiger partial charge in [-0.25, -0.2) is 27.7 Å². The third kappa shape index (κ3) is 3.89. The minimum Gasteiger partial charge on any atom is -0.479 e. The van der Waals surface area contributed by atoms with E-state index in [1.165, 1.54) is 30.1 Å². The third-order valence-electron chi connectivity index (χ3n) is 6.51. The largest absolute Gasteiger partial charge is 0.479 e. The number of alkyl halides is 2. The lowest BCUT2D eigenvalue weighted by Gasteiger charge is -2.37. The van der Waals surface area contributed by atoms with Crippen LogP contribution in [0.1, 0.15) is 71.9 Å². The van der Waals surface area contributed by atoms with Crippen LogP contribution in [0.2, 0.25) is 0 Å². The van der Waals surface area contributed by atoms with Gasteiger partial charge in [-0.3, -0.25) is 4.79 Å². The van der Waals surface area contributed by atoms with E-state index in [2.05, 4.69) is 20.1 Å². The Kier molecular flexibility index (Phi) is 5.41. The molecular formula is C22H23F3N6O2. The number of halogens is 3. The highest BCUT2D eigenvalue weighted by molar-refractivity contribution is 5.95. The Morgan fingerprint density at radius 3 is 2.70 bits per heavy atom. The standard InChI is InChI=1S/C22H23F3N6O2/c1-11-5-6-30(21(32)13-7-15(12-3-4-12)28-20(33-2)18(13)23)9-14(11)17-8-16(19(24)25)29-22-26-10-27-31(17)22/h7-8,10-12,14,19H,3-6,9H2,1-2H3/t11?,14-/m1/s1. The van der Waals surface area contributed by atoms with Crippen LogP contribution in [0, 0.1) is 11.7 Å². The predicted octanol–water partition coefficient (Wildman–Crippen LogP) is 3.75. The number of methoxy groups -OCH3 is 1. The van der Waals surface area contributed by atoms with Gasteiger partial charge in [-0.2, -0.15) is 10.1 Å². The second-order valence-electron chi connectivity index (χ2n) is 8.69. The van der Waals surface area contributed by atoms with Crippen molar-refractivity contribution in [2.45, 2.75) is 44.4 Å². The van der Waals surface area contributed by atoms with Crippen molar-refractivity contribution < 1.29 is 22.7 Å². The highest BCUT2D eigenvalue weighted by atomic mass is 19.3. The van der Waals surface area contributed by atoms with Crippen molar-refractivity contribution in [3.8, 4) is 5.88 Å². The highest BCUT2D eigenvalue weighted by Crippen LogP contribution is 2.41. The summed E-state index contributed by atoms with van der Waals surface area (Å²) in [6.45, 7) is 2.65. The maximum Gasteiger partial charge on any atom is 0.280 e. The molecule has 1 saturated carbocycles. The molecule has 33 heavy (non-hydrogen) atoms. The summed E-state index contributed by atoms with van der Waals surface area (Å²) in [5.41, 5.74) is 0.689. The zero-order valence-corrected chi connectivity index (χ0v) is 18.2. The van der Waals surface area contributed by atoms with E-state index in [9.17, 15) is 18.0 Å². The first kappa shape index (κ1) is 21.6. The Labute approximate surface area is 187 Å². The van der Waals surface area contributed by atoms with Crippen LogP contribution in [0.15, 0.2) is 18.5 Å². The van der Waals surface area contributed by atoms with Gasteiger partial charge in [0.1, 0.15) is 12.0 Å². The molecule has 5 rings (SSSR count). The summed E-state index contributed by atoms with van der Waals surface area (Å²) in [5, 5.41) is 4.14. The molecule has 174 valence electrons. The summed E-state index contributed by atoms with van der Waals surface area (Å²) in [7, 11) is 1.32. The minimum atomic E-state index is -2.76. The molecule has 1 aliphatic carbocycles. The van der Waals surface area contributed by atoms with Crippen LogP contribution in [-0.2, 0) is 0 Å². The molecule has 0 bridgehead atoms. The average Bonchev–Trinajstić information content (AvgIpc) is 3.55. The molecule has 2 fully saturated rings. The topological polar surface area (TPSA) is 85.5 Å². The van der Waals surface area contributed by atoms with Crippen molar-refractivity contribution >= 4 is 11.7 Å². The molecular weight excluding hydrogens is 437 g/mol. The second-order valence-corrected chi connectivity index (χ2v) is 8.69. The number of hydrogen-bond acceptors (Lipinski definition) is 6. The van der Waals surface area contributed by atoms with E-state index in [4.69, 9.17) is 4.74 Å². The number of likely N-dealkylation sites (tertiary alicyclic amines) is 1. The zero-order chi connectivity index (χ0) is 23.3. The predicted molar refractivity (Wildman–Crippen MR) is 111 cm³/mol. The molecule has 2 atom stereocenters. The number of nitrogens with zero attached hydrogens (tertiary/aromatic N) is 6. The molecule has 2 aliphatic rings. The van der Waals surface area contributed by atoms with Crippen LogP contribution in [0.5, 0.6) is 5.88 Å². The van der Waals surface area contributed by atoms with Gasteiger partial charge >= 0.3 is 0 Å². The van der Waals surface area contributed by atoms with Gasteiger partial charge < -0.3 is 9.64 Å². The van der Waals surface area contributed by atoms with Crippen molar-refractivity contribution in [1.29, 1.82) is 0 Å². The van der Waals surface area contributed by atoms with Gasteiger partial charge in [0.2, 0.25) is 0 Å². The maximum absolute atomic E-state index is 15.0. The fourth-order valence-corrected chi connectivity index (χ4v) is 4.44. The lowest BCUT2D eigenvalue weighted by molar-refractivity contribution is 0.0659. The molecule has 0 spiro atoms. The lowest BCUT2D eigenvalue weighted by atomic mass is 9.84. The number of aromatic nitrogens is 5. The SMILES string of the molecule is COc1nc(C2CC2)cc(C(=O)N2CCC(C)[C@H](c3cc(C(F)F)nc4ncnn34)C2)c1F. The molecule has 0 N–H and O–H groups in total. The van der Waals surface area contributed by atoms with Crippen LogP contribution in [0.3, 0.4) is 0 Å². The number of hydrogen-bond donors (Lipinski definition) is 0. The lowest BCUT2D eigenvalue weighted by Crippen LogP contribution is -2.43. The first-order chi connectivity index (χ1) is 15.9. The van der Waals surface area contributed by atoms with Gasteiger partial charge in [0.25, 0.3) is 24.0 Å². The van der Waals surface area contributed by atoms with E-state index in [1.807, 2.05) is 6.92 Å². The Balaban J connectivity index is 1.49. The molecule has 1 saturated heterocycles. The fraction of sp³-hybridized carbons (Fsp3) is 0.500. The molecule has 0 radical (unpaired) electrons. The maximum atomic E-state index is 15.0. The second kappa shape index (κ2) is 8.27. The number of pyridine rings is 1. The van der Waals surface area contributed by atoms with Crippen LogP contribution < -0.4 is 4.74 Å². The summed E-state index contributed by atoms with van der Waals surface area (Å²) in [5.74, 6) is -1.38. The van der Waals surface area contributed by atoms with E-state index in [0.717, 1.165) is 12.8 Å². The van der Waals surface area contributed by atoms with E-state index in [-0.39, 0.29) is 47.2 Å². The fourth-order valence-electron chi connectivity index (χ4n) is 4.44. The van der Waals surface area contributed by atoms with Crippen LogP contribution in [0.4, 0.5) is 13.2 Å². The third-order valence-corrected chi connectivity index (χ3v) is 6.51. The quantitative estimate of drug-likeness (QED) is 0.577. The number of carbonyl (C=O) groups excluding carboxylic acids is 1. The molecule has 4 heterocycles. The Morgan fingerprint density at radius 1 is 1.21 bits per heavy atom. The van der Waals surface area contributed by atoms with Crippen molar-refractivity contribution in [2.75, 3.05) is 20.2 Å². The van der Waals surface area contributed by atoms with Gasteiger partial charge in [0, 0.05) is 30.6 Å². The summed E-state index contributed by atoms with van der Waals surface area (Å²) in [6, 6.07) is 2.84. The molecule has 3 aromatic rings. The molecule has 11 heteroatoms. The summed E-state index contributed by atoms with van der Waals surface area (Å²) in [6.07, 6.45) is 1.01. The molecule has 8 nitrogen and oxygen atoms in total. The van der Waals surface area contributed by atoms with Crippen LogP contribution >= 0.6 is 0 Å². The summed E-state index contributed by atoms with van der Waals surface area (Å²) >= 11 is 0. The Morgan fingerprint density at radius 2 is 2.00 bits per heavy atom. The highest BCUT2D eigenvalue weighted by Gasteiger charge is 2.35. The average molecular weight is 460 g/mol. The van der Waals surface area contributed by atoms with Gasteiger partial charge in [0.15, 0.2) is 5.82 Å². The smallest absolute Gasteiger partial charge is 0.280 e. The van der Waals surface area contributed by atoms with Crippen molar-refractivity contribution in [3.05, 3.63) is 46.9 Å². The van der Waals surface area contributed by atoms with Gasteiger partial charge in [-0.05, 0) is 37.3 Å². The normalized spacial score (nSPS) is 21.1. The molecule has 1 amide bonds. The summed E-state index contributed by atoms with van der Waals surface area (Å²) in [4.78, 5) is 27.0. The first-order valence-corrected chi connectivity index (χ1v) is 10.9. The number of rotatable bonds is 5. The number of ether oxygens (including phenoxy) is 1. The molecule has 3 aromatic heterocycles. The van der Waals surface area contributed by atoms with E-state index in [0.29, 0.717) is 24.4 Å². The molecule has 1 aliphatic heterocycles. The van der Waals surface area contributed by atoms with Crippen LogP contribution in [-0.4, -0.2) is 55.6 Å². The minimum absolute atomic E-state index is 0.0771. The number of amides is 1. The van der Waals surface area contributed by atoms with E-state index >= 15 is 0 Å². The number of carbonyl (C=O) groups is 1. The van der Waals surface area contributed by atoms with Gasteiger partial charge in [-0.1, -0.05) is 6.92 Å². The van der Waals surface area contributed by atoms with Gasteiger partial charge in [0.05, 0.1) is 18.4 Å². The Bertz CT molecular complexity index is 1210. The van der Waals surface area contributed by atoms with Crippen molar-refractivity contribution in [3.63, 3.8) is 0 Å². The van der Waals surface area contributed by atoms with Gasteiger partial charge in [-0.15, -0.1) is 0 Å². The number of piperidine rings is 1. The molecule has 0 aromatic carbocycles. The van der Waals surface area contributed by atoms with E-state index < -0.39 is 18.1 Å². The first-order valence-electron chi connectivity index (χ1n) is 10.9. The van der Waals surface area contributed by atoms with Crippen molar-refractivity contribution in [2.24, 2.45) is 5.92 Å². The Hall–Kier alpha value is -3.24. The van der Waals surface area contributed by atoms with Crippen LogP contribution in [0.25, 0.3) is 5.78 Å². The number of fused-ring (bicyclic) bond motifs is 1. The summed E-state index contributed by atoms with van der Waals surface area (Å²) < 4.78 is 48.4. The van der Waals surface area contributed by atoms with E-state index in [1.54, 1.807) is 4.90 Å². The monoisotopic (exact) mass is 460 g/mol.